The van der Waals surface area contributed by atoms with Crippen LogP contribution in [0.25, 0.3) is 5.82 Å². The highest BCUT2D eigenvalue weighted by Crippen LogP contribution is 2.19. The van der Waals surface area contributed by atoms with Gasteiger partial charge in [0.05, 0.1) is 5.56 Å². The second kappa shape index (κ2) is 6.34. The molecule has 2 aromatic heterocycles. The van der Waals surface area contributed by atoms with Crippen molar-refractivity contribution >= 4 is 5.91 Å². The lowest BCUT2D eigenvalue weighted by Gasteiger charge is -2.08. The number of nitrogens with zero attached hydrogens (tertiary/aromatic N) is 2. The molecule has 0 fully saturated rings. The first-order chi connectivity index (χ1) is 9.65. The van der Waals surface area contributed by atoms with Gasteiger partial charge < -0.3 is 15.2 Å². The molecule has 0 saturated carbocycles. The summed E-state index contributed by atoms with van der Waals surface area (Å²) in [6.45, 7) is 5.29. The fourth-order valence-electron chi connectivity index (χ4n) is 2.23. The fourth-order valence-corrected chi connectivity index (χ4v) is 2.23. The van der Waals surface area contributed by atoms with Gasteiger partial charge in [-0.2, -0.15) is 0 Å². The molecule has 20 heavy (non-hydrogen) atoms. The zero-order valence-corrected chi connectivity index (χ0v) is 12.1. The normalized spacial score (nSPS) is 10.6. The lowest BCUT2D eigenvalue weighted by Crippen LogP contribution is -2.30. The molecule has 0 atom stereocenters. The van der Waals surface area contributed by atoms with Crippen LogP contribution in [0, 0.1) is 13.8 Å². The second-order valence-electron chi connectivity index (χ2n) is 4.67. The van der Waals surface area contributed by atoms with E-state index in [-0.39, 0.29) is 5.91 Å². The number of carbonyl (C=O) groups excluding carboxylic acids is 1. The molecule has 0 aliphatic carbocycles. The summed E-state index contributed by atoms with van der Waals surface area (Å²) in [5.74, 6) is 0.785. The minimum atomic E-state index is -0.0458. The maximum absolute atomic E-state index is 12.2. The van der Waals surface area contributed by atoms with Crippen molar-refractivity contribution in [2.45, 2.75) is 13.8 Å². The first kappa shape index (κ1) is 14.3. The Kier molecular flexibility index (Phi) is 4.53. The summed E-state index contributed by atoms with van der Waals surface area (Å²) in [6.07, 6.45) is 1.75. The number of amides is 1. The molecule has 0 bridgehead atoms. The molecule has 2 heterocycles. The van der Waals surface area contributed by atoms with Crippen LogP contribution in [0.15, 0.2) is 30.5 Å². The lowest BCUT2D eigenvalue weighted by atomic mass is 10.2. The topological polar surface area (TPSA) is 58.9 Å². The molecular weight excluding hydrogens is 252 g/mol. The Bertz CT molecular complexity index is 589. The van der Waals surface area contributed by atoms with E-state index in [0.29, 0.717) is 12.1 Å². The quantitative estimate of drug-likeness (QED) is 0.810. The van der Waals surface area contributed by atoms with E-state index < -0.39 is 0 Å². The predicted octanol–water partition coefficient (Wildman–Crippen LogP) is 1.44. The van der Waals surface area contributed by atoms with Crippen molar-refractivity contribution in [3.8, 4) is 5.82 Å². The summed E-state index contributed by atoms with van der Waals surface area (Å²) in [4.78, 5) is 16.5. The summed E-state index contributed by atoms with van der Waals surface area (Å²) in [7, 11) is 1.86. The van der Waals surface area contributed by atoms with E-state index in [1.165, 1.54) is 0 Å². The van der Waals surface area contributed by atoms with Crippen molar-refractivity contribution in [3.63, 3.8) is 0 Å². The number of pyridine rings is 1. The summed E-state index contributed by atoms with van der Waals surface area (Å²) >= 11 is 0. The Hall–Kier alpha value is -2.14. The van der Waals surface area contributed by atoms with E-state index in [1.54, 1.807) is 6.20 Å². The van der Waals surface area contributed by atoms with Crippen LogP contribution >= 0.6 is 0 Å². The van der Waals surface area contributed by atoms with Gasteiger partial charge >= 0.3 is 0 Å². The zero-order valence-electron chi connectivity index (χ0n) is 12.1. The van der Waals surface area contributed by atoms with Gasteiger partial charge in [0.1, 0.15) is 5.82 Å². The molecule has 2 N–H and O–H groups in total. The molecule has 0 aromatic carbocycles. The third-order valence-corrected chi connectivity index (χ3v) is 3.21. The molecule has 0 unspecified atom stereocenters. The number of likely N-dealkylation sites (N-methyl/N-ethyl adjacent to an activating group) is 1. The monoisotopic (exact) mass is 272 g/mol. The van der Waals surface area contributed by atoms with Crippen LogP contribution in [0.5, 0.6) is 0 Å². The SMILES string of the molecule is CNCCNC(=O)c1cc(C)n(-c2ccccn2)c1C. The van der Waals surface area contributed by atoms with E-state index in [4.69, 9.17) is 0 Å². The Labute approximate surface area is 119 Å². The molecule has 0 aliphatic heterocycles. The number of carbonyl (C=O) groups is 1. The summed E-state index contributed by atoms with van der Waals surface area (Å²) in [5.41, 5.74) is 2.60. The average molecular weight is 272 g/mol. The van der Waals surface area contributed by atoms with E-state index in [0.717, 1.165) is 23.8 Å². The van der Waals surface area contributed by atoms with Gasteiger partial charge in [0.15, 0.2) is 0 Å². The predicted molar refractivity (Wildman–Crippen MR) is 79.3 cm³/mol. The molecule has 106 valence electrons. The highest BCUT2D eigenvalue weighted by Gasteiger charge is 2.16. The van der Waals surface area contributed by atoms with Crippen molar-refractivity contribution in [1.82, 2.24) is 20.2 Å². The van der Waals surface area contributed by atoms with Crippen LogP contribution in [0.4, 0.5) is 0 Å². The highest BCUT2D eigenvalue weighted by atomic mass is 16.1. The summed E-state index contributed by atoms with van der Waals surface area (Å²) in [6, 6.07) is 7.65. The fraction of sp³-hybridized carbons (Fsp3) is 0.333. The number of hydrogen-bond donors (Lipinski definition) is 2. The third-order valence-electron chi connectivity index (χ3n) is 3.21. The molecule has 0 saturated heterocycles. The second-order valence-corrected chi connectivity index (χ2v) is 4.67. The van der Waals surface area contributed by atoms with Gasteiger partial charge in [-0.05, 0) is 39.1 Å². The van der Waals surface area contributed by atoms with Gasteiger partial charge in [-0.1, -0.05) is 6.07 Å². The summed E-state index contributed by atoms with van der Waals surface area (Å²) < 4.78 is 1.99. The molecule has 0 spiro atoms. The first-order valence-electron chi connectivity index (χ1n) is 6.68. The minimum Gasteiger partial charge on any atom is -0.351 e. The first-order valence-corrected chi connectivity index (χ1v) is 6.68. The summed E-state index contributed by atoms with van der Waals surface area (Å²) in [5, 5.41) is 5.90. The minimum absolute atomic E-state index is 0.0458. The number of aromatic nitrogens is 2. The average Bonchev–Trinajstić information content (AvgIpc) is 2.75. The van der Waals surface area contributed by atoms with Gasteiger partial charge in [0.25, 0.3) is 5.91 Å². The molecule has 0 aliphatic rings. The van der Waals surface area contributed by atoms with Gasteiger partial charge in [0.2, 0.25) is 0 Å². The van der Waals surface area contributed by atoms with Gasteiger partial charge in [-0.15, -0.1) is 0 Å². The van der Waals surface area contributed by atoms with Crippen LogP contribution in [0.3, 0.4) is 0 Å². The van der Waals surface area contributed by atoms with Crippen molar-refractivity contribution in [1.29, 1.82) is 0 Å². The van der Waals surface area contributed by atoms with Gasteiger partial charge in [-0.25, -0.2) is 4.98 Å². The molecule has 5 heteroatoms. The molecule has 2 aromatic rings. The van der Waals surface area contributed by atoms with Crippen LogP contribution in [-0.2, 0) is 0 Å². The van der Waals surface area contributed by atoms with Crippen LogP contribution in [0.1, 0.15) is 21.7 Å². The number of nitrogens with one attached hydrogen (secondary N) is 2. The smallest absolute Gasteiger partial charge is 0.253 e. The Morgan fingerprint density at radius 1 is 1.30 bits per heavy atom. The molecule has 2 rings (SSSR count). The number of hydrogen-bond acceptors (Lipinski definition) is 3. The lowest BCUT2D eigenvalue weighted by molar-refractivity contribution is 0.0953. The third kappa shape index (κ3) is 2.88. The highest BCUT2D eigenvalue weighted by molar-refractivity contribution is 5.95. The molecular formula is C15H20N4O. The molecule has 0 radical (unpaired) electrons. The van der Waals surface area contributed by atoms with E-state index in [2.05, 4.69) is 15.6 Å². The van der Waals surface area contributed by atoms with Crippen LogP contribution in [0.2, 0.25) is 0 Å². The van der Waals surface area contributed by atoms with Crippen molar-refractivity contribution < 1.29 is 4.79 Å². The van der Waals surface area contributed by atoms with Crippen molar-refractivity contribution in [2.75, 3.05) is 20.1 Å². The molecule has 5 nitrogen and oxygen atoms in total. The van der Waals surface area contributed by atoms with Crippen LogP contribution in [-0.4, -0.2) is 35.6 Å². The number of aryl methyl sites for hydroxylation is 1. The van der Waals surface area contributed by atoms with Crippen LogP contribution < -0.4 is 10.6 Å². The van der Waals surface area contributed by atoms with Crippen molar-refractivity contribution in [3.05, 3.63) is 47.4 Å². The largest absolute Gasteiger partial charge is 0.351 e. The maximum Gasteiger partial charge on any atom is 0.253 e. The maximum atomic E-state index is 12.2. The van der Waals surface area contributed by atoms with E-state index in [1.807, 2.05) is 49.7 Å². The number of rotatable bonds is 5. The van der Waals surface area contributed by atoms with E-state index in [9.17, 15) is 4.79 Å². The van der Waals surface area contributed by atoms with Gasteiger partial charge in [-0.3, -0.25) is 4.79 Å². The van der Waals surface area contributed by atoms with Crippen molar-refractivity contribution in [2.24, 2.45) is 0 Å². The van der Waals surface area contributed by atoms with E-state index >= 15 is 0 Å². The Morgan fingerprint density at radius 2 is 2.10 bits per heavy atom. The zero-order chi connectivity index (χ0) is 14.5. The van der Waals surface area contributed by atoms with Gasteiger partial charge in [0, 0.05) is 30.7 Å². The Morgan fingerprint density at radius 3 is 2.75 bits per heavy atom. The standard InChI is InChI=1S/C15H20N4O/c1-11-10-13(15(20)18-9-8-16-3)12(2)19(11)14-6-4-5-7-17-14/h4-7,10,16H,8-9H2,1-3H3,(H,18,20). The molecule has 1 amide bonds. The Balaban J connectivity index is 2.27.